The second-order valence-electron chi connectivity index (χ2n) is 11.3. The molecule has 0 fully saturated rings. The van der Waals surface area contributed by atoms with Gasteiger partial charge in [0.2, 0.25) is 0 Å². The van der Waals surface area contributed by atoms with Crippen LogP contribution in [0.3, 0.4) is 0 Å². The molecule has 0 heteroatoms. The third-order valence-electron chi connectivity index (χ3n) is 3.87. The third-order valence-corrected chi connectivity index (χ3v) is 3.87. The zero-order chi connectivity index (χ0) is 30.6. The summed E-state index contributed by atoms with van der Waals surface area (Å²) < 4.78 is 0. The van der Waals surface area contributed by atoms with Crippen molar-refractivity contribution in [2.45, 2.75) is 136 Å². The van der Waals surface area contributed by atoms with Gasteiger partial charge in [-0.1, -0.05) is 184 Å². The third kappa shape index (κ3) is 31.9. The molecule has 0 unspecified atom stereocenters. The second kappa shape index (κ2) is 27.9. The van der Waals surface area contributed by atoms with E-state index in [4.69, 9.17) is 0 Å². The van der Waals surface area contributed by atoms with Gasteiger partial charge in [-0.25, -0.2) is 0 Å². The number of allylic oxidation sites excluding steroid dienone is 2. The Bertz CT molecular complexity index is 710. The summed E-state index contributed by atoms with van der Waals surface area (Å²) in [4.78, 5) is 0. The molecule has 0 nitrogen and oxygen atoms in total. The molecule has 0 saturated carbocycles. The summed E-state index contributed by atoms with van der Waals surface area (Å²) in [6, 6.07) is 17.2. The lowest BCUT2D eigenvalue weighted by atomic mass is 9.98. The van der Waals surface area contributed by atoms with Crippen LogP contribution in [-0.2, 0) is 12.8 Å². The first-order valence-electron chi connectivity index (χ1n) is 15.4. The molecule has 0 atom stereocenters. The highest BCUT2D eigenvalue weighted by atomic mass is 14.1. The Balaban J connectivity index is -0.000000194. The lowest BCUT2D eigenvalue weighted by Crippen LogP contribution is -1.93. The predicted octanol–water partition coefficient (Wildman–Crippen LogP) is 13.5. The van der Waals surface area contributed by atoms with Gasteiger partial charge in [-0.2, -0.15) is 0 Å². The standard InChI is InChI=1S/2C10H10.2C5H12.4C2H6/c2*1-2-6-10-8-4-3-7-9(10)5-1;2*1-5(2,3)4;4*1-2/h2*1-3,5-7H,4,8H2;2*1-4H3;4*1-2H3. The fourth-order valence-electron chi connectivity index (χ4n) is 2.75. The van der Waals surface area contributed by atoms with Crippen LogP contribution in [0.25, 0.3) is 12.2 Å². The topological polar surface area (TPSA) is 0 Å². The molecule has 0 amide bonds. The molecule has 2 aliphatic rings. The first-order valence-corrected chi connectivity index (χ1v) is 15.4. The van der Waals surface area contributed by atoms with Gasteiger partial charge in [-0.05, 0) is 58.8 Å². The van der Waals surface area contributed by atoms with Crippen LogP contribution < -0.4 is 0 Å². The number of rotatable bonds is 0. The highest BCUT2D eigenvalue weighted by Crippen LogP contribution is 2.18. The van der Waals surface area contributed by atoms with Gasteiger partial charge in [0, 0.05) is 0 Å². The van der Waals surface area contributed by atoms with Crippen LogP contribution in [0.5, 0.6) is 0 Å². The van der Waals surface area contributed by atoms with E-state index in [2.05, 4.69) is 128 Å². The van der Waals surface area contributed by atoms with Gasteiger partial charge in [-0.15, -0.1) is 0 Å². The minimum absolute atomic E-state index is 0.500. The van der Waals surface area contributed by atoms with Crippen LogP contribution in [0, 0.1) is 10.8 Å². The molecule has 0 bridgehead atoms. The van der Waals surface area contributed by atoms with Crippen LogP contribution in [0.1, 0.15) is 146 Å². The van der Waals surface area contributed by atoms with Crippen LogP contribution in [0.2, 0.25) is 0 Å². The highest BCUT2D eigenvalue weighted by molar-refractivity contribution is 5.56. The molecule has 4 rings (SSSR count). The maximum atomic E-state index is 2.24. The van der Waals surface area contributed by atoms with E-state index in [9.17, 15) is 0 Å². The first kappa shape index (κ1) is 43.0. The van der Waals surface area contributed by atoms with Crippen LogP contribution in [-0.4, -0.2) is 0 Å². The summed E-state index contributed by atoms with van der Waals surface area (Å²) in [5.74, 6) is 0. The predicted molar refractivity (Wildman–Crippen MR) is 183 cm³/mol. The summed E-state index contributed by atoms with van der Waals surface area (Å²) in [5, 5.41) is 0. The smallest absolute Gasteiger partial charge is 0.0228 e. The van der Waals surface area contributed by atoms with Gasteiger partial charge >= 0.3 is 0 Å². The van der Waals surface area contributed by atoms with Gasteiger partial charge in [-0.3, -0.25) is 0 Å². The maximum Gasteiger partial charge on any atom is -0.0228 e. The summed E-state index contributed by atoms with van der Waals surface area (Å²) in [6.07, 6.45) is 13.7. The van der Waals surface area contributed by atoms with Gasteiger partial charge in [0.25, 0.3) is 0 Å². The Hall–Kier alpha value is -2.08. The Morgan fingerprint density at radius 3 is 0.895 bits per heavy atom. The normalized spacial score (nSPS) is 11.6. The summed E-state index contributed by atoms with van der Waals surface area (Å²) in [6.45, 7) is 33.5. The summed E-state index contributed by atoms with van der Waals surface area (Å²) in [7, 11) is 0. The number of fused-ring (bicyclic) bond motifs is 2. The monoisotopic (exact) mass is 525 g/mol. The number of hydrogen-bond acceptors (Lipinski definition) is 0. The molecule has 2 aromatic carbocycles. The maximum absolute atomic E-state index is 2.24. The fourth-order valence-corrected chi connectivity index (χ4v) is 2.75. The highest BCUT2D eigenvalue weighted by Gasteiger charge is 2.01. The Kier molecular flexibility index (Phi) is 31.6. The van der Waals surface area contributed by atoms with Crippen molar-refractivity contribution in [1.82, 2.24) is 0 Å². The summed E-state index contributed by atoms with van der Waals surface area (Å²) in [5.41, 5.74) is 6.78. The van der Waals surface area contributed by atoms with Crippen molar-refractivity contribution in [1.29, 1.82) is 0 Å². The Labute approximate surface area is 242 Å². The molecule has 0 aromatic heterocycles. The number of benzene rings is 2. The van der Waals surface area contributed by atoms with Crippen LogP contribution >= 0.6 is 0 Å². The molecule has 0 aliphatic heterocycles. The van der Waals surface area contributed by atoms with E-state index in [1.165, 1.54) is 47.9 Å². The average molecular weight is 525 g/mol. The van der Waals surface area contributed by atoms with Crippen molar-refractivity contribution in [2.75, 3.05) is 0 Å². The largest absolute Gasteiger partial charge is 0.0836 e. The van der Waals surface area contributed by atoms with E-state index in [-0.39, 0.29) is 0 Å². The zero-order valence-electron chi connectivity index (χ0n) is 28.8. The molecule has 0 spiro atoms. The van der Waals surface area contributed by atoms with E-state index in [1.807, 2.05) is 55.4 Å². The van der Waals surface area contributed by atoms with Crippen molar-refractivity contribution in [3.05, 3.63) is 82.9 Å². The summed E-state index contributed by atoms with van der Waals surface area (Å²) >= 11 is 0. The van der Waals surface area contributed by atoms with Gasteiger partial charge in [0.05, 0.1) is 0 Å². The minimum Gasteiger partial charge on any atom is -0.0836 e. The lowest BCUT2D eigenvalue weighted by molar-refractivity contribution is 0.469. The lowest BCUT2D eigenvalue weighted by Gasteiger charge is -2.07. The molecule has 0 saturated heterocycles. The molecule has 38 heavy (non-hydrogen) atoms. The van der Waals surface area contributed by atoms with E-state index >= 15 is 0 Å². The minimum atomic E-state index is 0.500. The molecule has 2 aromatic rings. The fraction of sp³-hybridized carbons (Fsp3) is 0.579. The van der Waals surface area contributed by atoms with Crippen molar-refractivity contribution in [3.8, 4) is 0 Å². The Morgan fingerprint density at radius 1 is 0.421 bits per heavy atom. The van der Waals surface area contributed by atoms with Crippen molar-refractivity contribution >= 4 is 12.2 Å². The van der Waals surface area contributed by atoms with Crippen molar-refractivity contribution in [3.63, 3.8) is 0 Å². The zero-order valence-corrected chi connectivity index (χ0v) is 28.8. The number of hydrogen-bond donors (Lipinski definition) is 0. The molecule has 220 valence electrons. The van der Waals surface area contributed by atoms with E-state index < -0.39 is 0 Å². The number of aryl methyl sites for hydroxylation is 2. The van der Waals surface area contributed by atoms with E-state index in [0.29, 0.717) is 10.8 Å². The molecule has 0 radical (unpaired) electrons. The quantitative estimate of drug-likeness (QED) is 0.321. The molecule has 0 N–H and O–H groups in total. The van der Waals surface area contributed by atoms with Gasteiger partial charge < -0.3 is 0 Å². The van der Waals surface area contributed by atoms with Crippen LogP contribution in [0.15, 0.2) is 60.7 Å². The van der Waals surface area contributed by atoms with E-state index in [0.717, 1.165) is 0 Å². The van der Waals surface area contributed by atoms with Crippen molar-refractivity contribution in [2.24, 2.45) is 10.8 Å². The first-order chi connectivity index (χ1) is 17.9. The molecule has 0 heterocycles. The average Bonchev–Trinajstić information content (AvgIpc) is 2.92. The SMILES string of the molecule is C1=Cc2ccccc2CC1.C1=Cc2ccccc2CC1.CC.CC.CC.CC.CC(C)(C)C.CC(C)(C)C. The van der Waals surface area contributed by atoms with Gasteiger partial charge in [0.15, 0.2) is 0 Å². The molecule has 2 aliphatic carbocycles. The Morgan fingerprint density at radius 2 is 0.658 bits per heavy atom. The van der Waals surface area contributed by atoms with Crippen molar-refractivity contribution < 1.29 is 0 Å². The van der Waals surface area contributed by atoms with Crippen LogP contribution in [0.4, 0.5) is 0 Å². The van der Waals surface area contributed by atoms with E-state index in [1.54, 1.807) is 0 Å². The van der Waals surface area contributed by atoms with Gasteiger partial charge in [0.1, 0.15) is 0 Å². The molecular formula is C38H68. The second-order valence-corrected chi connectivity index (χ2v) is 11.3. The molecular weight excluding hydrogens is 456 g/mol.